The van der Waals surface area contributed by atoms with E-state index in [-0.39, 0.29) is 12.3 Å². The summed E-state index contributed by atoms with van der Waals surface area (Å²) in [5.41, 5.74) is 3.66. The Labute approximate surface area is 198 Å². The van der Waals surface area contributed by atoms with E-state index >= 15 is 0 Å². The van der Waals surface area contributed by atoms with Crippen LogP contribution in [0.25, 0.3) is 0 Å². The molecule has 33 heavy (non-hydrogen) atoms. The third kappa shape index (κ3) is 6.78. The second kappa shape index (κ2) is 11.6. The number of likely N-dealkylation sites (tertiary alicyclic amines) is 1. The average Bonchev–Trinajstić information content (AvgIpc) is 2.84. The number of aromatic nitrogens is 1. The molecule has 0 aliphatic carbocycles. The molecule has 2 N–H and O–H groups in total. The molecule has 0 amide bonds. The number of fused-ring (bicyclic) bond motifs is 1. The van der Waals surface area contributed by atoms with E-state index in [0.29, 0.717) is 6.04 Å². The van der Waals surface area contributed by atoms with E-state index in [0.717, 1.165) is 63.4 Å². The molecule has 2 aliphatic heterocycles. The van der Waals surface area contributed by atoms with Gasteiger partial charge in [0, 0.05) is 37.3 Å². The van der Waals surface area contributed by atoms with Crippen LogP contribution in [0.15, 0.2) is 42.5 Å². The molecule has 1 saturated heterocycles. The number of anilines is 1. The Hall–Kier alpha value is -2.44. The maximum absolute atomic E-state index is 11.5. The third-order valence-corrected chi connectivity index (χ3v) is 7.16. The molecule has 0 bridgehead atoms. The monoisotopic (exact) mass is 450 g/mol. The van der Waals surface area contributed by atoms with Crippen LogP contribution in [0.5, 0.6) is 0 Å². The molecule has 6 heteroatoms. The van der Waals surface area contributed by atoms with Gasteiger partial charge in [-0.15, -0.1) is 0 Å². The molecule has 6 nitrogen and oxygen atoms in total. The Morgan fingerprint density at radius 1 is 1.24 bits per heavy atom. The molecule has 2 aromatic rings. The lowest BCUT2D eigenvalue weighted by Gasteiger charge is -2.39. The highest BCUT2D eigenvalue weighted by molar-refractivity contribution is 5.68. The van der Waals surface area contributed by atoms with Crippen molar-refractivity contribution in [1.29, 1.82) is 0 Å². The number of carboxylic acids is 1. The van der Waals surface area contributed by atoms with Crippen molar-refractivity contribution < 1.29 is 9.90 Å². The van der Waals surface area contributed by atoms with Crippen molar-refractivity contribution in [2.24, 2.45) is 0 Å². The summed E-state index contributed by atoms with van der Waals surface area (Å²) in [6.45, 7) is 5.11. The lowest BCUT2D eigenvalue weighted by molar-refractivity contribution is -0.137. The molecular weight excluding hydrogens is 412 g/mol. The number of benzene rings is 1. The number of carboxylic acid groups (broad SMARTS) is 1. The fourth-order valence-electron chi connectivity index (χ4n) is 5.31. The van der Waals surface area contributed by atoms with Gasteiger partial charge in [0.25, 0.3) is 0 Å². The molecule has 2 aliphatic rings. The van der Waals surface area contributed by atoms with Crippen molar-refractivity contribution in [1.82, 2.24) is 14.8 Å². The van der Waals surface area contributed by atoms with Crippen LogP contribution in [0.4, 0.5) is 5.82 Å². The first-order chi connectivity index (χ1) is 16.1. The third-order valence-electron chi connectivity index (χ3n) is 7.16. The molecule has 0 radical (unpaired) electrons. The van der Waals surface area contributed by atoms with E-state index in [4.69, 9.17) is 4.98 Å². The Bertz CT molecular complexity index is 904. The smallest absolute Gasteiger partial charge is 0.304 e. The molecule has 1 aromatic carbocycles. The quantitative estimate of drug-likeness (QED) is 0.570. The topological polar surface area (TPSA) is 68.7 Å². The zero-order chi connectivity index (χ0) is 23.0. The van der Waals surface area contributed by atoms with Crippen LogP contribution in [0.3, 0.4) is 0 Å². The second-order valence-electron chi connectivity index (χ2n) is 9.69. The predicted molar refractivity (Wildman–Crippen MR) is 133 cm³/mol. The first-order valence-electron chi connectivity index (χ1n) is 12.5. The van der Waals surface area contributed by atoms with Crippen molar-refractivity contribution in [2.45, 2.75) is 56.9 Å². The minimum absolute atomic E-state index is 0.0211. The molecule has 4 rings (SSSR count). The Balaban J connectivity index is 1.27. The summed E-state index contributed by atoms with van der Waals surface area (Å²) in [5.74, 6) is 0.383. The van der Waals surface area contributed by atoms with E-state index in [2.05, 4.69) is 46.4 Å². The van der Waals surface area contributed by atoms with E-state index in [1.807, 2.05) is 18.2 Å². The molecule has 1 aromatic heterocycles. The largest absolute Gasteiger partial charge is 0.481 e. The molecule has 1 unspecified atom stereocenters. The van der Waals surface area contributed by atoms with E-state index in [1.165, 1.54) is 30.5 Å². The fourth-order valence-corrected chi connectivity index (χ4v) is 5.31. The minimum Gasteiger partial charge on any atom is -0.481 e. The number of hydrogen-bond donors (Lipinski definition) is 2. The summed E-state index contributed by atoms with van der Waals surface area (Å²) in [6.07, 6.45) is 7.02. The van der Waals surface area contributed by atoms with Gasteiger partial charge in [-0.25, -0.2) is 4.98 Å². The highest BCUT2D eigenvalue weighted by atomic mass is 16.4. The summed E-state index contributed by atoms with van der Waals surface area (Å²) >= 11 is 0. The molecule has 1 fully saturated rings. The summed E-state index contributed by atoms with van der Waals surface area (Å²) < 4.78 is 0. The highest BCUT2D eigenvalue weighted by Gasteiger charge is 2.26. The summed E-state index contributed by atoms with van der Waals surface area (Å²) in [7, 11) is 2.16. The van der Waals surface area contributed by atoms with Crippen molar-refractivity contribution in [3.63, 3.8) is 0 Å². The van der Waals surface area contributed by atoms with E-state index < -0.39 is 5.97 Å². The van der Waals surface area contributed by atoms with Gasteiger partial charge in [-0.2, -0.15) is 0 Å². The van der Waals surface area contributed by atoms with Crippen molar-refractivity contribution in [3.8, 4) is 0 Å². The minimum atomic E-state index is -0.728. The normalized spacial score (nSPS) is 19.6. The number of nitrogens with one attached hydrogen (secondary N) is 1. The van der Waals surface area contributed by atoms with Crippen molar-refractivity contribution >= 4 is 11.8 Å². The van der Waals surface area contributed by atoms with Crippen LogP contribution in [-0.4, -0.2) is 71.7 Å². The lowest BCUT2D eigenvalue weighted by atomic mass is 9.94. The van der Waals surface area contributed by atoms with Gasteiger partial charge in [0.15, 0.2) is 0 Å². The van der Waals surface area contributed by atoms with Gasteiger partial charge in [0.1, 0.15) is 5.82 Å². The summed E-state index contributed by atoms with van der Waals surface area (Å²) in [6, 6.07) is 15.0. The Morgan fingerprint density at radius 3 is 2.91 bits per heavy atom. The van der Waals surface area contributed by atoms with Gasteiger partial charge < -0.3 is 20.2 Å². The van der Waals surface area contributed by atoms with Crippen LogP contribution in [0.2, 0.25) is 0 Å². The number of nitrogens with zero attached hydrogens (tertiary/aromatic N) is 3. The summed E-state index contributed by atoms with van der Waals surface area (Å²) in [4.78, 5) is 21.3. The van der Waals surface area contributed by atoms with Gasteiger partial charge in [0.05, 0.1) is 6.42 Å². The maximum Gasteiger partial charge on any atom is 0.304 e. The molecule has 0 saturated carbocycles. The van der Waals surface area contributed by atoms with Gasteiger partial charge in [-0.05, 0) is 75.9 Å². The van der Waals surface area contributed by atoms with Crippen molar-refractivity contribution in [2.75, 3.05) is 45.1 Å². The first kappa shape index (κ1) is 23.7. The second-order valence-corrected chi connectivity index (χ2v) is 9.69. The number of aryl methyl sites for hydroxylation is 2. The van der Waals surface area contributed by atoms with Gasteiger partial charge in [0.2, 0.25) is 0 Å². The van der Waals surface area contributed by atoms with Crippen LogP contribution in [0, 0.1) is 0 Å². The van der Waals surface area contributed by atoms with E-state index in [1.54, 1.807) is 0 Å². The van der Waals surface area contributed by atoms with Gasteiger partial charge >= 0.3 is 5.97 Å². The molecular formula is C27H38N4O2. The van der Waals surface area contributed by atoms with Gasteiger partial charge in [-0.1, -0.05) is 36.4 Å². The number of carbonyl (C=O) groups is 1. The average molecular weight is 451 g/mol. The molecule has 0 spiro atoms. The Morgan fingerprint density at radius 2 is 2.09 bits per heavy atom. The zero-order valence-electron chi connectivity index (χ0n) is 19.9. The number of rotatable bonds is 10. The number of piperidine rings is 1. The maximum atomic E-state index is 11.5. The number of pyridine rings is 1. The highest BCUT2D eigenvalue weighted by Crippen LogP contribution is 2.24. The van der Waals surface area contributed by atoms with Crippen LogP contribution in [0.1, 0.15) is 54.8 Å². The lowest BCUT2D eigenvalue weighted by Crippen LogP contribution is -2.47. The number of aliphatic carboxylic acids is 1. The first-order valence-corrected chi connectivity index (χ1v) is 12.5. The van der Waals surface area contributed by atoms with Crippen LogP contribution >= 0.6 is 0 Å². The molecule has 3 heterocycles. The standard InChI is InChI=1S/C27H38N4O2/c1-30(19-23(18-26(32)33)21-8-3-2-4-9-21)25-12-7-17-31(20-25)16-6-11-24-14-13-22-10-5-15-28-27(22)29-24/h2-4,8-9,13-14,23,25H,5-7,10-12,15-20H2,1H3,(H,28,29)(H,32,33)/t23?,25-/m1/s1. The molecule has 2 atom stereocenters. The van der Waals surface area contributed by atoms with E-state index in [9.17, 15) is 9.90 Å². The van der Waals surface area contributed by atoms with Crippen LogP contribution in [-0.2, 0) is 17.6 Å². The number of hydrogen-bond acceptors (Lipinski definition) is 5. The summed E-state index contributed by atoms with van der Waals surface area (Å²) in [5, 5.41) is 12.9. The number of likely N-dealkylation sites (N-methyl/N-ethyl adjacent to an activating group) is 1. The SMILES string of the molecule is CN(CC(CC(=O)O)c1ccccc1)[C@@H]1CCCN(CCCc2ccc3c(n2)NCCC3)C1. The fraction of sp³-hybridized carbons (Fsp3) is 0.556. The molecule has 178 valence electrons. The predicted octanol–water partition coefficient (Wildman–Crippen LogP) is 4.03. The zero-order valence-corrected chi connectivity index (χ0v) is 19.9. The Kier molecular flexibility index (Phi) is 8.35. The van der Waals surface area contributed by atoms with Gasteiger partial charge in [-0.3, -0.25) is 4.79 Å². The van der Waals surface area contributed by atoms with Crippen molar-refractivity contribution in [3.05, 3.63) is 59.3 Å². The van der Waals surface area contributed by atoms with Crippen LogP contribution < -0.4 is 5.32 Å².